The first-order valence-electron chi connectivity index (χ1n) is 13.1. The molecule has 214 valence electrons. The Labute approximate surface area is 238 Å². The predicted molar refractivity (Wildman–Crippen MR) is 158 cm³/mol. The summed E-state index contributed by atoms with van der Waals surface area (Å²) >= 11 is 0. The van der Waals surface area contributed by atoms with Gasteiger partial charge >= 0.3 is 0 Å². The van der Waals surface area contributed by atoms with E-state index in [0.29, 0.717) is 5.75 Å². The summed E-state index contributed by atoms with van der Waals surface area (Å²) in [6.45, 7) is 10.6. The number of carbonyl (C=O) groups excluding carboxylic acids is 2. The highest BCUT2D eigenvalue weighted by Gasteiger charge is 2.34. The van der Waals surface area contributed by atoms with Crippen molar-refractivity contribution in [1.29, 1.82) is 0 Å². The molecule has 0 aromatic heterocycles. The molecule has 0 aliphatic rings. The molecule has 1 N–H and O–H groups in total. The molecule has 0 spiro atoms. The second-order valence-corrected chi connectivity index (χ2v) is 12.8. The Balaban J connectivity index is 2.09. The number of nitrogens with zero attached hydrogens (tertiary/aromatic N) is 2. The van der Waals surface area contributed by atoms with Crippen molar-refractivity contribution in [1.82, 2.24) is 10.2 Å². The van der Waals surface area contributed by atoms with E-state index in [9.17, 15) is 18.0 Å². The summed E-state index contributed by atoms with van der Waals surface area (Å²) in [7, 11) is -2.73. The lowest BCUT2D eigenvalue weighted by Crippen LogP contribution is -2.54. The molecule has 3 rings (SSSR count). The van der Waals surface area contributed by atoms with E-state index < -0.39 is 34.1 Å². The van der Waals surface area contributed by atoms with Gasteiger partial charge < -0.3 is 15.0 Å². The first-order valence-corrected chi connectivity index (χ1v) is 14.6. The molecule has 0 saturated heterocycles. The van der Waals surface area contributed by atoms with E-state index in [1.165, 1.54) is 24.1 Å². The van der Waals surface area contributed by atoms with Crippen molar-refractivity contribution >= 4 is 27.5 Å². The van der Waals surface area contributed by atoms with E-state index in [1.807, 2.05) is 58.9 Å². The molecule has 9 heteroatoms. The standard InChI is InChI=1S/C31H39N3O5S/c1-22-13-16-25(17-14-22)20-33(24(3)30(36)32-31(4,5)6)29(35)21-34(27-19-23(2)15-18-28(27)39-7)40(37,38)26-11-9-8-10-12-26/h8-19,24H,20-21H2,1-7H3,(H,32,36)/t24-/m1/s1. The molecule has 0 aliphatic carbocycles. The number of nitrogens with one attached hydrogen (secondary N) is 1. The average Bonchev–Trinajstić information content (AvgIpc) is 2.90. The zero-order valence-electron chi connectivity index (χ0n) is 24.3. The topological polar surface area (TPSA) is 96.0 Å². The van der Waals surface area contributed by atoms with Gasteiger partial charge in [0.1, 0.15) is 18.3 Å². The van der Waals surface area contributed by atoms with E-state index in [4.69, 9.17) is 4.74 Å². The number of benzene rings is 3. The van der Waals surface area contributed by atoms with Gasteiger partial charge in [-0.1, -0.05) is 54.1 Å². The number of anilines is 1. The lowest BCUT2D eigenvalue weighted by atomic mass is 10.1. The van der Waals surface area contributed by atoms with Gasteiger partial charge in [0.15, 0.2) is 0 Å². The number of hydrogen-bond donors (Lipinski definition) is 1. The Morgan fingerprint density at radius 1 is 0.925 bits per heavy atom. The highest BCUT2D eigenvalue weighted by molar-refractivity contribution is 7.92. The smallest absolute Gasteiger partial charge is 0.264 e. The summed E-state index contributed by atoms with van der Waals surface area (Å²) in [5, 5.41) is 2.93. The van der Waals surface area contributed by atoms with E-state index in [2.05, 4.69) is 5.32 Å². The van der Waals surface area contributed by atoms with Gasteiger partial charge in [0.05, 0.1) is 17.7 Å². The third kappa shape index (κ3) is 7.63. The first-order chi connectivity index (χ1) is 18.7. The summed E-state index contributed by atoms with van der Waals surface area (Å²) in [5.74, 6) is -0.555. The normalized spacial score (nSPS) is 12.4. The lowest BCUT2D eigenvalue weighted by molar-refractivity contribution is -0.140. The van der Waals surface area contributed by atoms with Gasteiger partial charge in [-0.2, -0.15) is 0 Å². The van der Waals surface area contributed by atoms with E-state index in [0.717, 1.165) is 21.0 Å². The fourth-order valence-corrected chi connectivity index (χ4v) is 5.61. The number of rotatable bonds is 10. The van der Waals surface area contributed by atoms with E-state index in [1.54, 1.807) is 43.3 Å². The van der Waals surface area contributed by atoms with Crippen LogP contribution in [0, 0.1) is 13.8 Å². The maximum Gasteiger partial charge on any atom is 0.264 e. The zero-order chi connectivity index (χ0) is 29.7. The maximum absolute atomic E-state index is 14.1. The molecule has 3 aromatic rings. The van der Waals surface area contributed by atoms with Crippen LogP contribution in [0.15, 0.2) is 77.7 Å². The number of hydrogen-bond acceptors (Lipinski definition) is 5. The molecule has 0 heterocycles. The van der Waals surface area contributed by atoms with E-state index in [-0.39, 0.29) is 23.0 Å². The Morgan fingerprint density at radius 2 is 1.52 bits per heavy atom. The minimum absolute atomic E-state index is 0.0370. The molecule has 2 amide bonds. The van der Waals surface area contributed by atoms with Crippen molar-refractivity contribution in [2.75, 3.05) is 18.0 Å². The largest absolute Gasteiger partial charge is 0.495 e. The summed E-state index contributed by atoms with van der Waals surface area (Å²) < 4.78 is 34.5. The van der Waals surface area contributed by atoms with Crippen molar-refractivity contribution in [3.05, 3.63) is 89.5 Å². The molecule has 1 atom stereocenters. The molecule has 0 bridgehead atoms. The van der Waals surface area contributed by atoms with Crippen molar-refractivity contribution in [2.24, 2.45) is 0 Å². The molecule has 3 aromatic carbocycles. The fourth-order valence-electron chi connectivity index (χ4n) is 4.17. The Morgan fingerprint density at radius 3 is 2.10 bits per heavy atom. The predicted octanol–water partition coefficient (Wildman–Crippen LogP) is 4.84. The molecular weight excluding hydrogens is 526 g/mol. The van der Waals surface area contributed by atoms with Gasteiger partial charge in [-0.3, -0.25) is 13.9 Å². The quantitative estimate of drug-likeness (QED) is 0.380. The highest BCUT2D eigenvalue weighted by Crippen LogP contribution is 2.33. The number of methoxy groups -OCH3 is 1. The SMILES string of the molecule is COc1ccc(C)cc1N(CC(=O)N(Cc1ccc(C)cc1)[C@H](C)C(=O)NC(C)(C)C)S(=O)(=O)c1ccccc1. The van der Waals surface area contributed by atoms with Crippen LogP contribution in [0.4, 0.5) is 5.69 Å². The van der Waals surface area contributed by atoms with Crippen LogP contribution in [-0.2, 0) is 26.2 Å². The number of ether oxygens (including phenoxy) is 1. The Bertz CT molecular complexity index is 1430. The second kappa shape index (κ2) is 12.6. The summed E-state index contributed by atoms with van der Waals surface area (Å²) in [6.07, 6.45) is 0. The van der Waals surface area contributed by atoms with Crippen LogP contribution in [0.2, 0.25) is 0 Å². The van der Waals surface area contributed by atoms with E-state index >= 15 is 0 Å². The van der Waals surface area contributed by atoms with Crippen LogP contribution in [0.1, 0.15) is 44.4 Å². The first kappa shape index (κ1) is 30.7. The number of aryl methyl sites for hydroxylation is 2. The van der Waals surface area contributed by atoms with Gasteiger partial charge in [0.25, 0.3) is 10.0 Å². The fraction of sp³-hybridized carbons (Fsp3) is 0.355. The lowest BCUT2D eigenvalue weighted by Gasteiger charge is -2.33. The molecule has 8 nitrogen and oxygen atoms in total. The van der Waals surface area contributed by atoms with Crippen molar-refractivity contribution in [2.45, 2.75) is 64.6 Å². The van der Waals surface area contributed by atoms with Crippen molar-refractivity contribution in [3.63, 3.8) is 0 Å². The van der Waals surface area contributed by atoms with Gasteiger partial charge in [-0.05, 0) is 76.9 Å². The van der Waals surface area contributed by atoms with Crippen LogP contribution in [-0.4, -0.2) is 50.4 Å². The molecule has 0 fully saturated rings. The molecule has 0 saturated carbocycles. The maximum atomic E-state index is 14.1. The minimum Gasteiger partial charge on any atom is -0.495 e. The van der Waals surface area contributed by atoms with Gasteiger partial charge in [0, 0.05) is 12.1 Å². The van der Waals surface area contributed by atoms with Gasteiger partial charge in [-0.25, -0.2) is 8.42 Å². The minimum atomic E-state index is -4.18. The molecule has 0 unspecified atom stereocenters. The Hall–Kier alpha value is -3.85. The van der Waals surface area contributed by atoms with Crippen molar-refractivity contribution < 1.29 is 22.7 Å². The van der Waals surface area contributed by atoms with Crippen LogP contribution in [0.3, 0.4) is 0 Å². The Kier molecular flexibility index (Phi) is 9.63. The van der Waals surface area contributed by atoms with Crippen LogP contribution < -0.4 is 14.4 Å². The highest BCUT2D eigenvalue weighted by atomic mass is 32.2. The number of carbonyl (C=O) groups is 2. The van der Waals surface area contributed by atoms with Crippen LogP contribution in [0.25, 0.3) is 0 Å². The van der Waals surface area contributed by atoms with Crippen molar-refractivity contribution in [3.8, 4) is 5.75 Å². The molecule has 40 heavy (non-hydrogen) atoms. The monoisotopic (exact) mass is 565 g/mol. The van der Waals surface area contributed by atoms with Gasteiger partial charge in [0.2, 0.25) is 11.8 Å². The number of amides is 2. The zero-order valence-corrected chi connectivity index (χ0v) is 25.1. The summed E-state index contributed by atoms with van der Waals surface area (Å²) in [4.78, 5) is 28.7. The summed E-state index contributed by atoms with van der Waals surface area (Å²) in [5.41, 5.74) is 2.40. The molecule has 0 radical (unpaired) electrons. The second-order valence-electron chi connectivity index (χ2n) is 10.9. The van der Waals surface area contributed by atoms with Gasteiger partial charge in [-0.15, -0.1) is 0 Å². The third-order valence-electron chi connectivity index (χ3n) is 6.35. The van der Waals surface area contributed by atoms with Crippen LogP contribution in [0.5, 0.6) is 5.75 Å². The summed E-state index contributed by atoms with van der Waals surface area (Å²) in [6, 6.07) is 19.9. The average molecular weight is 566 g/mol. The van der Waals surface area contributed by atoms with Crippen LogP contribution >= 0.6 is 0 Å². The number of sulfonamides is 1. The third-order valence-corrected chi connectivity index (χ3v) is 8.13. The molecule has 0 aliphatic heterocycles. The molecular formula is C31H39N3O5S.